The first kappa shape index (κ1) is 25.3. The van der Waals surface area contributed by atoms with Gasteiger partial charge in [-0.3, -0.25) is 4.79 Å². The van der Waals surface area contributed by atoms with Gasteiger partial charge in [0, 0.05) is 24.3 Å². The molecule has 7 nitrogen and oxygen atoms in total. The number of ketones is 1. The van der Waals surface area contributed by atoms with E-state index in [2.05, 4.69) is 5.10 Å². The minimum atomic E-state index is -3.21. The van der Waals surface area contributed by atoms with Crippen molar-refractivity contribution in [2.75, 3.05) is 12.0 Å². The first-order valence-corrected chi connectivity index (χ1v) is 13.7. The fraction of sp³-hybridized carbons (Fsp3) is 0.143. The molecule has 0 saturated carbocycles. The number of anilines is 1. The van der Waals surface area contributed by atoms with Crippen molar-refractivity contribution in [3.8, 4) is 17.2 Å². The van der Waals surface area contributed by atoms with E-state index in [4.69, 9.17) is 10.5 Å². The number of carbonyl (C=O) groups is 1. The average Bonchev–Trinajstić information content (AvgIpc) is 3.43. The first-order chi connectivity index (χ1) is 18.0. The van der Waals surface area contributed by atoms with Crippen LogP contribution in [0.3, 0.4) is 0 Å². The lowest BCUT2D eigenvalue weighted by atomic mass is 10.0. The molecule has 0 unspecified atom stereocenters. The van der Waals surface area contributed by atoms with Gasteiger partial charge in [0.15, 0.2) is 38.8 Å². The highest BCUT2D eigenvalue weighted by atomic mass is 32.2. The SMILES string of the molecule is Cc1cc2c(cc1CS(C)(=O)=O)CC(C(=O)c1cnn(-c3ccc(Oc4ccccc4F)c(F)c3)c1N)=C2. The Balaban J connectivity index is 1.37. The van der Waals surface area contributed by atoms with Crippen LogP contribution in [0.5, 0.6) is 11.5 Å². The average molecular weight is 536 g/mol. The fourth-order valence-corrected chi connectivity index (χ4v) is 5.28. The van der Waals surface area contributed by atoms with Crippen LogP contribution in [0.2, 0.25) is 0 Å². The molecule has 4 aromatic rings. The number of allylic oxidation sites excluding steroid dienone is 1. The zero-order valence-corrected chi connectivity index (χ0v) is 21.4. The molecule has 10 heteroatoms. The maximum absolute atomic E-state index is 14.8. The number of fused-ring (bicyclic) bond motifs is 1. The van der Waals surface area contributed by atoms with Crippen LogP contribution < -0.4 is 10.5 Å². The van der Waals surface area contributed by atoms with E-state index >= 15 is 0 Å². The van der Waals surface area contributed by atoms with Gasteiger partial charge in [0.1, 0.15) is 5.82 Å². The molecule has 0 radical (unpaired) electrons. The van der Waals surface area contributed by atoms with Crippen molar-refractivity contribution in [1.82, 2.24) is 9.78 Å². The molecular formula is C28H23F2N3O4S. The topological polar surface area (TPSA) is 104 Å². The van der Waals surface area contributed by atoms with Crippen molar-refractivity contribution in [3.05, 3.63) is 106 Å². The number of nitrogens with two attached hydrogens (primary N) is 1. The number of aryl methyl sites for hydroxylation is 1. The number of Topliss-reactive ketones (excluding diaryl/α,β-unsaturated/α-hetero) is 1. The summed E-state index contributed by atoms with van der Waals surface area (Å²) in [6.45, 7) is 1.84. The van der Waals surface area contributed by atoms with Crippen LogP contribution in [0.25, 0.3) is 11.8 Å². The molecule has 194 valence electrons. The van der Waals surface area contributed by atoms with E-state index in [1.54, 1.807) is 12.1 Å². The molecule has 0 saturated heterocycles. The minimum Gasteiger partial charge on any atom is -0.451 e. The summed E-state index contributed by atoms with van der Waals surface area (Å²) in [5.74, 6) is -2.05. The number of benzene rings is 3. The second-order valence-electron chi connectivity index (χ2n) is 9.23. The lowest BCUT2D eigenvalue weighted by Gasteiger charge is -2.10. The van der Waals surface area contributed by atoms with Gasteiger partial charge in [-0.1, -0.05) is 24.3 Å². The van der Waals surface area contributed by atoms with Crippen LogP contribution in [-0.4, -0.2) is 30.2 Å². The lowest BCUT2D eigenvalue weighted by molar-refractivity contribution is 0.103. The van der Waals surface area contributed by atoms with E-state index in [1.807, 2.05) is 19.1 Å². The van der Waals surface area contributed by atoms with Crippen LogP contribution in [0.4, 0.5) is 14.6 Å². The van der Waals surface area contributed by atoms with Gasteiger partial charge in [0.2, 0.25) is 0 Å². The first-order valence-electron chi connectivity index (χ1n) is 11.6. The van der Waals surface area contributed by atoms with Gasteiger partial charge in [0.25, 0.3) is 0 Å². The molecule has 1 aliphatic rings. The summed E-state index contributed by atoms with van der Waals surface area (Å²) in [6, 6.07) is 13.3. The number of carbonyl (C=O) groups excluding carboxylic acids is 1. The van der Waals surface area contributed by atoms with Crippen molar-refractivity contribution in [1.29, 1.82) is 0 Å². The Bertz CT molecular complexity index is 1740. The molecule has 0 atom stereocenters. The third-order valence-corrected chi connectivity index (χ3v) is 7.12. The molecule has 0 amide bonds. The van der Waals surface area contributed by atoms with E-state index < -0.39 is 21.5 Å². The van der Waals surface area contributed by atoms with E-state index in [0.29, 0.717) is 17.6 Å². The van der Waals surface area contributed by atoms with Crippen molar-refractivity contribution in [3.63, 3.8) is 0 Å². The zero-order valence-electron chi connectivity index (χ0n) is 20.5. The summed E-state index contributed by atoms with van der Waals surface area (Å²) in [5.41, 5.74) is 10.4. The van der Waals surface area contributed by atoms with Crippen LogP contribution in [0.1, 0.15) is 32.6 Å². The smallest absolute Gasteiger partial charge is 0.194 e. The Morgan fingerprint density at radius 3 is 2.53 bits per heavy atom. The minimum absolute atomic E-state index is 0.0305. The number of aromatic nitrogens is 2. The molecule has 38 heavy (non-hydrogen) atoms. The van der Waals surface area contributed by atoms with Crippen molar-refractivity contribution < 1.29 is 26.7 Å². The normalized spacial score (nSPS) is 12.8. The highest BCUT2D eigenvalue weighted by Crippen LogP contribution is 2.33. The van der Waals surface area contributed by atoms with Crippen molar-refractivity contribution >= 4 is 27.5 Å². The largest absolute Gasteiger partial charge is 0.451 e. The van der Waals surface area contributed by atoms with Crippen LogP contribution in [0, 0.1) is 18.6 Å². The molecule has 1 aromatic heterocycles. The maximum Gasteiger partial charge on any atom is 0.194 e. The number of para-hydroxylation sites is 1. The molecular weight excluding hydrogens is 512 g/mol. The summed E-state index contributed by atoms with van der Waals surface area (Å²) < 4.78 is 58.7. The van der Waals surface area contributed by atoms with Gasteiger partial charge >= 0.3 is 0 Å². The molecule has 1 aliphatic carbocycles. The molecule has 0 spiro atoms. The van der Waals surface area contributed by atoms with Gasteiger partial charge in [-0.25, -0.2) is 21.9 Å². The van der Waals surface area contributed by atoms with Crippen molar-refractivity contribution in [2.24, 2.45) is 0 Å². The second-order valence-corrected chi connectivity index (χ2v) is 11.4. The molecule has 1 heterocycles. The lowest BCUT2D eigenvalue weighted by Crippen LogP contribution is -2.09. The molecule has 0 fully saturated rings. The van der Waals surface area contributed by atoms with Gasteiger partial charge in [-0.2, -0.15) is 5.10 Å². The third-order valence-electron chi connectivity index (χ3n) is 6.29. The van der Waals surface area contributed by atoms with E-state index in [-0.39, 0.29) is 40.1 Å². The monoisotopic (exact) mass is 535 g/mol. The van der Waals surface area contributed by atoms with E-state index in [0.717, 1.165) is 22.8 Å². The zero-order chi connectivity index (χ0) is 27.2. The highest BCUT2D eigenvalue weighted by molar-refractivity contribution is 7.89. The molecule has 5 rings (SSSR count). The standard InChI is InChI=1S/C28H23F2N3O4S/c1-16-9-17-10-19(11-18(17)12-20(16)15-38(2,35)36)27(34)22-14-32-33(28(22)31)21-7-8-26(24(30)13-21)37-25-6-4-3-5-23(25)29/h3-10,12-14H,11,15,31H2,1-2H3. The predicted molar refractivity (Wildman–Crippen MR) is 140 cm³/mol. The van der Waals surface area contributed by atoms with Crippen LogP contribution in [-0.2, 0) is 22.0 Å². The summed E-state index contributed by atoms with van der Waals surface area (Å²) in [5, 5.41) is 4.17. The van der Waals surface area contributed by atoms with Gasteiger partial charge in [0.05, 0.1) is 23.2 Å². The Hall–Kier alpha value is -4.31. The highest BCUT2D eigenvalue weighted by Gasteiger charge is 2.25. The number of hydrogen-bond acceptors (Lipinski definition) is 6. The Labute approximate surface area is 218 Å². The number of hydrogen-bond donors (Lipinski definition) is 1. The number of nitrogens with zero attached hydrogens (tertiary/aromatic N) is 2. The van der Waals surface area contributed by atoms with Gasteiger partial charge in [-0.05, 0) is 59.5 Å². The van der Waals surface area contributed by atoms with Crippen molar-refractivity contribution in [2.45, 2.75) is 19.1 Å². The third kappa shape index (κ3) is 4.95. The van der Waals surface area contributed by atoms with Crippen LogP contribution >= 0.6 is 0 Å². The summed E-state index contributed by atoms with van der Waals surface area (Å²) in [6.07, 6.45) is 4.60. The van der Waals surface area contributed by atoms with Gasteiger partial charge < -0.3 is 10.5 Å². The number of nitrogen functional groups attached to an aromatic ring is 1. The quantitative estimate of drug-likeness (QED) is 0.326. The summed E-state index contributed by atoms with van der Waals surface area (Å²) in [4.78, 5) is 13.3. The molecule has 0 aliphatic heterocycles. The molecule has 3 aromatic carbocycles. The number of rotatable bonds is 7. The van der Waals surface area contributed by atoms with E-state index in [9.17, 15) is 22.0 Å². The Morgan fingerprint density at radius 1 is 1.08 bits per heavy atom. The maximum atomic E-state index is 14.8. The molecule has 0 bridgehead atoms. The Kier molecular flexibility index (Phi) is 6.36. The van der Waals surface area contributed by atoms with Gasteiger partial charge in [-0.15, -0.1) is 0 Å². The predicted octanol–water partition coefficient (Wildman–Crippen LogP) is 5.20. The summed E-state index contributed by atoms with van der Waals surface area (Å²) in [7, 11) is -3.21. The number of ether oxygens (including phenoxy) is 1. The second kappa shape index (κ2) is 9.53. The van der Waals surface area contributed by atoms with Crippen LogP contribution in [0.15, 0.2) is 66.4 Å². The molecule has 2 N–H and O–H groups in total. The fourth-order valence-electron chi connectivity index (χ4n) is 4.40. The van der Waals surface area contributed by atoms with E-state index in [1.165, 1.54) is 47.5 Å². The number of sulfone groups is 1. The Morgan fingerprint density at radius 2 is 1.82 bits per heavy atom. The summed E-state index contributed by atoms with van der Waals surface area (Å²) >= 11 is 0. The number of halogens is 2.